The van der Waals surface area contributed by atoms with Gasteiger partial charge in [-0.15, -0.1) is 12.3 Å². The zero-order chi connectivity index (χ0) is 23.4. The predicted molar refractivity (Wildman–Crippen MR) is 122 cm³/mol. The second kappa shape index (κ2) is 12.7. The number of alkyl carbamates (subject to hydrolysis) is 1. The molecule has 2 rings (SSSR count). The zero-order valence-corrected chi connectivity index (χ0v) is 18.9. The topological polar surface area (TPSA) is 102 Å². The molecule has 0 heterocycles. The second-order valence-electron chi connectivity index (χ2n) is 7.21. The van der Waals surface area contributed by atoms with E-state index in [1.165, 1.54) is 0 Å². The van der Waals surface area contributed by atoms with Gasteiger partial charge < -0.3 is 19.7 Å². The molecule has 170 valence electrons. The Kier molecular flexibility index (Phi) is 10.0. The van der Waals surface area contributed by atoms with Crippen molar-refractivity contribution < 1.29 is 28.5 Å². The van der Waals surface area contributed by atoms with Crippen LogP contribution in [0.4, 0.5) is 4.79 Å². The zero-order valence-electron chi connectivity index (χ0n) is 18.0. The molecule has 0 aromatic heterocycles. The van der Waals surface area contributed by atoms with Gasteiger partial charge in [0.1, 0.15) is 12.4 Å². The van der Waals surface area contributed by atoms with Crippen LogP contribution in [0.25, 0.3) is 0 Å². The van der Waals surface area contributed by atoms with Crippen molar-refractivity contribution in [2.75, 3.05) is 12.8 Å². The number of nitrogens with one attached hydrogen (secondary N) is 1. The molecule has 2 aromatic rings. The van der Waals surface area contributed by atoms with E-state index >= 15 is 0 Å². The maximum absolute atomic E-state index is 13.3. The summed E-state index contributed by atoms with van der Waals surface area (Å²) in [7, 11) is -4.09. The predicted octanol–water partition coefficient (Wildman–Crippen LogP) is 3.95. The van der Waals surface area contributed by atoms with Gasteiger partial charge in [-0.2, -0.15) is 0 Å². The fraction of sp³-hybridized carbons (Fsp3) is 0.333. The SMILES string of the molecule is C#CCC(CP(=O)(O)C(Cc1ccccc1)NC(=O)OCc1ccccc1)C(=O)OCC. The van der Waals surface area contributed by atoms with E-state index in [4.69, 9.17) is 15.9 Å². The van der Waals surface area contributed by atoms with Crippen LogP contribution in [-0.2, 0) is 31.9 Å². The average Bonchev–Trinajstić information content (AvgIpc) is 2.78. The standard InChI is InChI=1S/C24H28NO6P/c1-3-11-21(23(26)30-4-2)18-32(28,29)22(16-19-12-7-5-8-13-19)25-24(27)31-17-20-14-9-6-10-15-20/h1,5-10,12-15,21-22H,4,11,16-18H2,2H3,(H,25,27)(H,28,29). The van der Waals surface area contributed by atoms with Gasteiger partial charge in [-0.1, -0.05) is 60.7 Å². The van der Waals surface area contributed by atoms with Crippen LogP contribution in [0, 0.1) is 18.3 Å². The van der Waals surface area contributed by atoms with E-state index < -0.39 is 37.3 Å². The van der Waals surface area contributed by atoms with Crippen LogP contribution in [0.1, 0.15) is 24.5 Å². The molecule has 2 N–H and O–H groups in total. The minimum atomic E-state index is -4.09. The molecule has 0 bridgehead atoms. The second-order valence-corrected chi connectivity index (χ2v) is 9.71. The van der Waals surface area contributed by atoms with Crippen LogP contribution in [0.15, 0.2) is 60.7 Å². The summed E-state index contributed by atoms with van der Waals surface area (Å²) >= 11 is 0. The molecular weight excluding hydrogens is 429 g/mol. The van der Waals surface area contributed by atoms with E-state index in [0.717, 1.165) is 11.1 Å². The maximum atomic E-state index is 13.3. The summed E-state index contributed by atoms with van der Waals surface area (Å²) in [6, 6.07) is 18.1. The van der Waals surface area contributed by atoms with Crippen molar-refractivity contribution in [1.82, 2.24) is 5.32 Å². The lowest BCUT2D eigenvalue weighted by Gasteiger charge is -2.26. The van der Waals surface area contributed by atoms with Crippen molar-refractivity contribution >= 4 is 19.4 Å². The summed E-state index contributed by atoms with van der Waals surface area (Å²) in [6.07, 6.45) is 4.15. The van der Waals surface area contributed by atoms with Crippen LogP contribution in [-0.4, -0.2) is 35.5 Å². The lowest BCUT2D eigenvalue weighted by Crippen LogP contribution is -2.38. The highest BCUT2D eigenvalue weighted by Gasteiger charge is 2.37. The Balaban J connectivity index is 2.16. The molecule has 3 atom stereocenters. The van der Waals surface area contributed by atoms with Gasteiger partial charge in [0.25, 0.3) is 0 Å². The normalized spacial score (nSPS) is 14.3. The number of esters is 1. The molecule has 1 amide bonds. The first-order valence-corrected chi connectivity index (χ1v) is 12.2. The minimum absolute atomic E-state index is 0.0169. The Morgan fingerprint density at radius 3 is 2.22 bits per heavy atom. The molecular formula is C24H28NO6P. The summed E-state index contributed by atoms with van der Waals surface area (Å²) < 4.78 is 23.5. The van der Waals surface area contributed by atoms with Crippen molar-refractivity contribution in [3.63, 3.8) is 0 Å². The molecule has 0 radical (unpaired) electrons. The number of amides is 1. The van der Waals surface area contributed by atoms with Crippen LogP contribution >= 0.6 is 7.37 Å². The highest BCUT2D eigenvalue weighted by atomic mass is 31.2. The molecule has 0 saturated carbocycles. The third-order valence-electron chi connectivity index (χ3n) is 4.72. The molecule has 0 aliphatic rings. The minimum Gasteiger partial charge on any atom is -0.466 e. The van der Waals surface area contributed by atoms with Crippen LogP contribution in [0.3, 0.4) is 0 Å². The molecule has 0 spiro atoms. The molecule has 0 fully saturated rings. The van der Waals surface area contributed by atoms with E-state index in [9.17, 15) is 19.0 Å². The molecule has 0 saturated heterocycles. The van der Waals surface area contributed by atoms with Crippen molar-refractivity contribution in [1.29, 1.82) is 0 Å². The maximum Gasteiger partial charge on any atom is 0.408 e. The molecule has 8 heteroatoms. The average molecular weight is 457 g/mol. The van der Waals surface area contributed by atoms with Crippen molar-refractivity contribution in [3.8, 4) is 12.3 Å². The first-order valence-electron chi connectivity index (χ1n) is 10.3. The third-order valence-corrected chi connectivity index (χ3v) is 6.97. The van der Waals surface area contributed by atoms with Crippen molar-refractivity contribution in [2.45, 2.75) is 32.2 Å². The van der Waals surface area contributed by atoms with E-state index in [-0.39, 0.29) is 26.1 Å². The Hall–Kier alpha value is -3.07. The van der Waals surface area contributed by atoms with Gasteiger partial charge >= 0.3 is 12.1 Å². The summed E-state index contributed by atoms with van der Waals surface area (Å²) in [5, 5.41) is 2.52. The largest absolute Gasteiger partial charge is 0.466 e. The number of benzene rings is 2. The number of hydrogen-bond donors (Lipinski definition) is 2. The molecule has 2 aromatic carbocycles. The van der Waals surface area contributed by atoms with E-state index in [0.29, 0.717) is 0 Å². The molecule has 3 unspecified atom stereocenters. The lowest BCUT2D eigenvalue weighted by molar-refractivity contribution is -0.147. The highest BCUT2D eigenvalue weighted by Crippen LogP contribution is 2.48. The highest BCUT2D eigenvalue weighted by molar-refractivity contribution is 7.58. The van der Waals surface area contributed by atoms with Gasteiger partial charge in [-0.25, -0.2) is 4.79 Å². The summed E-state index contributed by atoms with van der Waals surface area (Å²) in [5.74, 6) is -0.394. The number of terminal acetylenes is 1. The fourth-order valence-electron chi connectivity index (χ4n) is 3.10. The van der Waals surface area contributed by atoms with Gasteiger partial charge in [-0.05, 0) is 18.1 Å². The van der Waals surface area contributed by atoms with Gasteiger partial charge in [0.15, 0.2) is 0 Å². The van der Waals surface area contributed by atoms with Crippen LogP contribution in [0.2, 0.25) is 0 Å². The summed E-state index contributed by atoms with van der Waals surface area (Å²) in [4.78, 5) is 35.5. The Labute approximate surface area is 188 Å². The van der Waals surface area contributed by atoms with Gasteiger partial charge in [0, 0.05) is 19.0 Å². The van der Waals surface area contributed by atoms with Crippen molar-refractivity contribution in [2.24, 2.45) is 5.92 Å². The summed E-state index contributed by atoms with van der Waals surface area (Å²) in [5.41, 5.74) is 1.53. The molecule has 7 nitrogen and oxygen atoms in total. The third kappa shape index (κ3) is 8.22. The summed E-state index contributed by atoms with van der Waals surface area (Å²) in [6.45, 7) is 1.79. The van der Waals surface area contributed by atoms with Gasteiger partial charge in [0.05, 0.1) is 12.5 Å². The Bertz CT molecular complexity index is 957. The number of rotatable bonds is 11. The number of hydrogen-bond acceptors (Lipinski definition) is 5. The molecule has 32 heavy (non-hydrogen) atoms. The van der Waals surface area contributed by atoms with Crippen LogP contribution in [0.5, 0.6) is 0 Å². The smallest absolute Gasteiger partial charge is 0.408 e. The fourth-order valence-corrected chi connectivity index (χ4v) is 5.07. The Morgan fingerprint density at radius 1 is 1.06 bits per heavy atom. The lowest BCUT2D eigenvalue weighted by atomic mass is 10.1. The monoisotopic (exact) mass is 457 g/mol. The Morgan fingerprint density at radius 2 is 1.66 bits per heavy atom. The van der Waals surface area contributed by atoms with E-state index in [1.54, 1.807) is 43.3 Å². The quantitative estimate of drug-likeness (QED) is 0.301. The van der Waals surface area contributed by atoms with Gasteiger partial charge in [-0.3, -0.25) is 9.36 Å². The van der Waals surface area contributed by atoms with Gasteiger partial charge in [0.2, 0.25) is 7.37 Å². The molecule has 0 aliphatic carbocycles. The van der Waals surface area contributed by atoms with E-state index in [1.807, 2.05) is 24.3 Å². The van der Waals surface area contributed by atoms with Crippen LogP contribution < -0.4 is 5.32 Å². The van der Waals surface area contributed by atoms with E-state index in [2.05, 4.69) is 11.2 Å². The number of ether oxygens (including phenoxy) is 2. The molecule has 0 aliphatic heterocycles. The first kappa shape index (κ1) is 25.2. The number of carbonyl (C=O) groups is 2. The first-order chi connectivity index (χ1) is 15.4. The van der Waals surface area contributed by atoms with Crippen molar-refractivity contribution in [3.05, 3.63) is 71.8 Å². The number of carbonyl (C=O) groups excluding carboxylic acids is 2.